The highest BCUT2D eigenvalue weighted by atomic mass is 16.2. The van der Waals surface area contributed by atoms with Gasteiger partial charge in [0.15, 0.2) is 0 Å². The molecule has 0 aliphatic carbocycles. The first-order valence-corrected chi connectivity index (χ1v) is 17.3. The third-order valence-corrected chi connectivity index (χ3v) is 10.2. The molecule has 6 rings (SSSR count). The lowest BCUT2D eigenvalue weighted by Crippen LogP contribution is -2.52. The average molecular weight is 639 g/mol. The van der Waals surface area contributed by atoms with Gasteiger partial charge in [0.2, 0.25) is 11.8 Å². The second kappa shape index (κ2) is 13.6. The molecule has 250 valence electrons. The minimum Gasteiger partial charge on any atom is -0.367 e. The van der Waals surface area contributed by atoms with Gasteiger partial charge in [0.1, 0.15) is 11.7 Å². The molecule has 0 saturated carbocycles. The van der Waals surface area contributed by atoms with E-state index in [9.17, 15) is 9.59 Å². The highest BCUT2D eigenvalue weighted by molar-refractivity contribution is 5.94. The fourth-order valence-corrected chi connectivity index (χ4v) is 7.11. The number of aliphatic imine (C=N–C) groups is 1. The molecule has 0 radical (unpaired) electrons. The number of aromatic nitrogens is 2. The molecule has 0 bridgehead atoms. The van der Waals surface area contributed by atoms with Gasteiger partial charge in [-0.2, -0.15) is 0 Å². The van der Waals surface area contributed by atoms with Gasteiger partial charge in [-0.1, -0.05) is 76.2 Å². The molecule has 2 aromatic carbocycles. The maximum Gasteiger partial charge on any atom is 0.240 e. The second-order valence-corrected chi connectivity index (χ2v) is 14.2. The lowest BCUT2D eigenvalue weighted by Gasteiger charge is -2.29. The highest BCUT2D eigenvalue weighted by Gasteiger charge is 2.39. The second-order valence-electron chi connectivity index (χ2n) is 14.2. The quantitative estimate of drug-likeness (QED) is 0.265. The van der Waals surface area contributed by atoms with Gasteiger partial charge in [0.05, 0.1) is 48.1 Å². The van der Waals surface area contributed by atoms with Crippen LogP contribution in [0.15, 0.2) is 59.7 Å². The van der Waals surface area contributed by atoms with Gasteiger partial charge in [-0.15, -0.1) is 0 Å². The smallest absolute Gasteiger partial charge is 0.240 e. The Labute approximate surface area is 278 Å². The largest absolute Gasteiger partial charge is 0.367 e. The van der Waals surface area contributed by atoms with Crippen LogP contribution < -0.4 is 16.8 Å². The van der Waals surface area contributed by atoms with Crippen molar-refractivity contribution in [1.82, 2.24) is 25.1 Å². The predicted octanol–water partition coefficient (Wildman–Crippen LogP) is 4.80. The molecule has 2 saturated heterocycles. The topological polar surface area (TPSA) is 146 Å². The average Bonchev–Trinajstić information content (AvgIpc) is 3.90. The van der Waals surface area contributed by atoms with Crippen molar-refractivity contribution in [2.75, 3.05) is 13.1 Å². The minimum atomic E-state index is -0.496. The Kier molecular flexibility index (Phi) is 9.53. The lowest BCUT2D eigenvalue weighted by molar-refractivity contribution is -0.135. The van der Waals surface area contributed by atoms with Crippen LogP contribution in [-0.2, 0) is 9.59 Å². The Morgan fingerprint density at radius 3 is 1.87 bits per heavy atom. The summed E-state index contributed by atoms with van der Waals surface area (Å²) in [5, 5.41) is 3.58. The number of benzene rings is 2. The Morgan fingerprint density at radius 1 is 0.787 bits per heavy atom. The van der Waals surface area contributed by atoms with E-state index in [0.29, 0.717) is 6.54 Å². The predicted molar refractivity (Wildman–Crippen MR) is 186 cm³/mol. The molecule has 10 heteroatoms. The molecular formula is C37H50N8O2. The molecule has 1 aromatic heterocycles. The zero-order valence-corrected chi connectivity index (χ0v) is 28.3. The van der Waals surface area contributed by atoms with Gasteiger partial charge in [-0.3, -0.25) is 14.6 Å². The number of imidazole rings is 1. The molecule has 0 spiro atoms. The standard InChI is InChI=1S/C37H50N8O2/c1-21(2)31(38)36(46)44-18-6-8-29(44)34-40-20-28(42-34)26-14-10-24(11-15-26)25-12-16-27(17-13-25)33-23(5)41-35(43-33)30-9-7-19-45(30)37(47)32(39)22(3)4/h10-17,20-23,29-33H,6-9,18-19,38-39H2,1-5H3,(H,40,42)(H,41,43)/t23?,29-,30-,31-,32-,33?/m0/s1. The fourth-order valence-electron chi connectivity index (χ4n) is 7.11. The summed E-state index contributed by atoms with van der Waals surface area (Å²) >= 11 is 0. The number of H-pyrrole nitrogens is 1. The number of carbonyl (C=O) groups is 2. The lowest BCUT2D eigenvalue weighted by atomic mass is 9.97. The van der Waals surface area contributed by atoms with E-state index in [-0.39, 0.29) is 47.8 Å². The van der Waals surface area contributed by atoms with Crippen LogP contribution in [0.4, 0.5) is 0 Å². The first-order valence-electron chi connectivity index (χ1n) is 17.3. The third-order valence-electron chi connectivity index (χ3n) is 10.2. The molecule has 4 heterocycles. The van der Waals surface area contributed by atoms with E-state index in [1.54, 1.807) is 0 Å². The van der Waals surface area contributed by atoms with Crippen LogP contribution in [-0.4, -0.2) is 74.7 Å². The van der Waals surface area contributed by atoms with Gasteiger partial charge in [-0.05, 0) is 66.7 Å². The number of aromatic amines is 1. The van der Waals surface area contributed by atoms with E-state index in [0.717, 1.165) is 71.8 Å². The van der Waals surface area contributed by atoms with Gasteiger partial charge < -0.3 is 31.6 Å². The van der Waals surface area contributed by atoms with Crippen molar-refractivity contribution in [2.24, 2.45) is 28.3 Å². The van der Waals surface area contributed by atoms with Crippen LogP contribution in [0.25, 0.3) is 22.4 Å². The number of rotatable bonds is 9. The zero-order chi connectivity index (χ0) is 33.4. The Morgan fingerprint density at radius 2 is 1.30 bits per heavy atom. The van der Waals surface area contributed by atoms with Crippen molar-refractivity contribution in [1.29, 1.82) is 0 Å². The van der Waals surface area contributed by atoms with E-state index < -0.39 is 12.1 Å². The molecule has 3 aliphatic rings. The molecule has 3 aromatic rings. The van der Waals surface area contributed by atoms with Crippen molar-refractivity contribution >= 4 is 17.6 Å². The maximum atomic E-state index is 13.1. The summed E-state index contributed by atoms with van der Waals surface area (Å²) in [7, 11) is 0. The van der Waals surface area contributed by atoms with Gasteiger partial charge >= 0.3 is 0 Å². The number of amides is 2. The molecular weight excluding hydrogens is 588 g/mol. The molecule has 2 fully saturated rings. The maximum absolute atomic E-state index is 13.1. The summed E-state index contributed by atoms with van der Waals surface area (Å²) in [6, 6.07) is 16.1. The van der Waals surface area contributed by atoms with Crippen molar-refractivity contribution in [3.05, 3.63) is 66.1 Å². The Balaban J connectivity index is 1.12. The number of nitrogens with two attached hydrogens (primary N) is 2. The monoisotopic (exact) mass is 638 g/mol. The fraction of sp³-hybridized carbons (Fsp3) is 0.514. The zero-order valence-electron chi connectivity index (χ0n) is 28.3. The van der Waals surface area contributed by atoms with Gasteiger partial charge in [-0.25, -0.2) is 4.98 Å². The van der Waals surface area contributed by atoms with Crippen LogP contribution in [0.1, 0.15) is 83.8 Å². The summed E-state index contributed by atoms with van der Waals surface area (Å²) < 4.78 is 0. The third kappa shape index (κ3) is 6.58. The molecule has 3 aliphatic heterocycles. The van der Waals surface area contributed by atoms with Crippen LogP contribution in [0.2, 0.25) is 0 Å². The van der Waals surface area contributed by atoms with E-state index in [2.05, 4.69) is 70.7 Å². The van der Waals surface area contributed by atoms with Crippen LogP contribution in [0.5, 0.6) is 0 Å². The Hall–Kier alpha value is -4.02. The molecule has 2 amide bonds. The number of hydrogen-bond acceptors (Lipinski definition) is 7. The highest BCUT2D eigenvalue weighted by Crippen LogP contribution is 2.34. The van der Waals surface area contributed by atoms with Crippen LogP contribution in [0.3, 0.4) is 0 Å². The van der Waals surface area contributed by atoms with Gasteiger partial charge in [0, 0.05) is 13.1 Å². The van der Waals surface area contributed by atoms with Crippen LogP contribution in [0, 0.1) is 11.8 Å². The van der Waals surface area contributed by atoms with E-state index in [4.69, 9.17) is 16.5 Å². The number of carbonyl (C=O) groups excluding carboxylic acids is 2. The normalized spacial score (nSPS) is 24.1. The summed E-state index contributed by atoms with van der Waals surface area (Å²) in [4.78, 5) is 43.2. The van der Waals surface area contributed by atoms with Crippen molar-refractivity contribution in [3.63, 3.8) is 0 Å². The Bertz CT molecular complexity index is 1590. The number of likely N-dealkylation sites (tertiary alicyclic amines) is 2. The summed E-state index contributed by atoms with van der Waals surface area (Å²) in [5.74, 6) is 1.93. The van der Waals surface area contributed by atoms with E-state index >= 15 is 0 Å². The number of hydrogen-bond donors (Lipinski definition) is 4. The number of nitrogens with zero attached hydrogens (tertiary/aromatic N) is 4. The van der Waals surface area contributed by atoms with Crippen molar-refractivity contribution in [2.45, 2.75) is 96.6 Å². The molecule has 6 atom stereocenters. The molecule has 2 unspecified atom stereocenters. The molecule has 6 N–H and O–H groups in total. The number of amidine groups is 1. The summed E-state index contributed by atoms with van der Waals surface area (Å²) in [5.41, 5.74) is 17.8. The molecule has 10 nitrogen and oxygen atoms in total. The summed E-state index contributed by atoms with van der Waals surface area (Å²) in [6.45, 7) is 11.5. The van der Waals surface area contributed by atoms with Crippen molar-refractivity contribution in [3.8, 4) is 22.4 Å². The first-order chi connectivity index (χ1) is 22.5. The SMILES string of the molecule is CC1NC([C@@H]2CCCN2C(=O)[C@@H](N)C(C)C)=NC1c1ccc(-c2ccc(-c3cnc([C@@H]4CCCN4C(=O)[C@@H](N)C(C)C)[nH]3)cc2)cc1. The molecule has 47 heavy (non-hydrogen) atoms. The number of nitrogens with one attached hydrogen (secondary N) is 2. The summed E-state index contributed by atoms with van der Waals surface area (Å²) in [6.07, 6.45) is 5.55. The van der Waals surface area contributed by atoms with Gasteiger partial charge in [0.25, 0.3) is 0 Å². The van der Waals surface area contributed by atoms with Crippen LogP contribution >= 0.6 is 0 Å². The van der Waals surface area contributed by atoms with Crippen molar-refractivity contribution < 1.29 is 9.59 Å². The minimum absolute atomic E-state index is 0.000894. The van der Waals surface area contributed by atoms with E-state index in [1.807, 2.05) is 43.7 Å². The van der Waals surface area contributed by atoms with E-state index in [1.165, 1.54) is 0 Å². The first kappa shape index (κ1) is 32.9.